The van der Waals surface area contributed by atoms with Gasteiger partial charge in [0, 0.05) is 12.6 Å². The molecule has 110 valence electrons. The molecule has 0 spiro atoms. The molecule has 2 nitrogen and oxygen atoms in total. The Labute approximate surface area is 123 Å². The van der Waals surface area contributed by atoms with Gasteiger partial charge in [-0.15, -0.1) is 0 Å². The Hall–Kier alpha value is -1.31. The van der Waals surface area contributed by atoms with Gasteiger partial charge in [-0.05, 0) is 48.1 Å². The normalized spacial score (nSPS) is 26.6. The van der Waals surface area contributed by atoms with Gasteiger partial charge >= 0.3 is 0 Å². The summed E-state index contributed by atoms with van der Waals surface area (Å²) in [5.74, 6) is 2.78. The first kappa shape index (κ1) is 15.1. The van der Waals surface area contributed by atoms with Crippen molar-refractivity contribution in [3.8, 4) is 0 Å². The lowest BCUT2D eigenvalue weighted by atomic mass is 9.67. The zero-order chi connectivity index (χ0) is 14.7. The van der Waals surface area contributed by atoms with Crippen LogP contribution in [0.4, 0.5) is 5.69 Å². The zero-order valence-electron chi connectivity index (χ0n) is 13.1. The molecule has 2 rings (SSSR count). The third kappa shape index (κ3) is 3.41. The summed E-state index contributed by atoms with van der Waals surface area (Å²) in [5.41, 5.74) is 2.33. The van der Waals surface area contributed by atoms with Crippen molar-refractivity contribution in [3.63, 3.8) is 0 Å². The van der Waals surface area contributed by atoms with E-state index in [-0.39, 0.29) is 5.91 Å². The van der Waals surface area contributed by atoms with Crippen molar-refractivity contribution in [2.75, 3.05) is 5.32 Å². The Balaban J connectivity index is 2.33. The van der Waals surface area contributed by atoms with Crippen LogP contribution in [0.15, 0.2) is 24.3 Å². The second-order valence-electron chi connectivity index (χ2n) is 6.70. The minimum Gasteiger partial charge on any atom is -0.326 e. The van der Waals surface area contributed by atoms with Crippen molar-refractivity contribution in [2.45, 2.75) is 52.9 Å². The van der Waals surface area contributed by atoms with E-state index < -0.39 is 0 Å². The first-order valence-corrected chi connectivity index (χ1v) is 7.85. The summed E-state index contributed by atoms with van der Waals surface area (Å²) >= 11 is 0. The predicted octanol–water partition coefficient (Wildman–Crippen LogP) is 4.82. The molecule has 1 aromatic rings. The molecule has 0 aromatic heterocycles. The van der Waals surface area contributed by atoms with E-state index in [1.807, 2.05) is 12.1 Å². The van der Waals surface area contributed by atoms with Gasteiger partial charge in [0.2, 0.25) is 5.91 Å². The molecule has 1 aliphatic rings. The third-order valence-corrected chi connectivity index (χ3v) is 4.69. The van der Waals surface area contributed by atoms with Gasteiger partial charge in [0.05, 0.1) is 0 Å². The maximum Gasteiger partial charge on any atom is 0.221 e. The topological polar surface area (TPSA) is 29.1 Å². The molecule has 1 saturated carbocycles. The Morgan fingerprint density at radius 2 is 1.95 bits per heavy atom. The molecule has 1 N–H and O–H groups in total. The molecule has 1 aliphatic carbocycles. The highest BCUT2D eigenvalue weighted by atomic mass is 16.1. The van der Waals surface area contributed by atoms with Gasteiger partial charge in [-0.3, -0.25) is 4.79 Å². The predicted molar refractivity (Wildman–Crippen MR) is 84.8 cm³/mol. The molecule has 0 heterocycles. The first-order valence-electron chi connectivity index (χ1n) is 7.85. The van der Waals surface area contributed by atoms with Crippen LogP contribution in [0.5, 0.6) is 0 Å². The highest BCUT2D eigenvalue weighted by Crippen LogP contribution is 2.45. The van der Waals surface area contributed by atoms with E-state index in [9.17, 15) is 4.79 Å². The second kappa shape index (κ2) is 6.43. The number of rotatable bonds is 3. The van der Waals surface area contributed by atoms with Crippen LogP contribution >= 0.6 is 0 Å². The van der Waals surface area contributed by atoms with E-state index in [4.69, 9.17) is 0 Å². The number of para-hydroxylation sites is 1. The molecular weight excluding hydrogens is 246 g/mol. The minimum absolute atomic E-state index is 0.0161. The van der Waals surface area contributed by atoms with Gasteiger partial charge in [-0.2, -0.15) is 0 Å². The Bertz CT molecular complexity index is 466. The van der Waals surface area contributed by atoms with Gasteiger partial charge in [0.1, 0.15) is 0 Å². The quantitative estimate of drug-likeness (QED) is 0.840. The van der Waals surface area contributed by atoms with Crippen molar-refractivity contribution >= 4 is 11.6 Å². The lowest BCUT2D eigenvalue weighted by Crippen LogP contribution is -2.27. The summed E-state index contributed by atoms with van der Waals surface area (Å²) in [7, 11) is 0. The Morgan fingerprint density at radius 3 is 2.60 bits per heavy atom. The molecule has 20 heavy (non-hydrogen) atoms. The van der Waals surface area contributed by atoms with Crippen LogP contribution in [0.1, 0.15) is 58.4 Å². The highest BCUT2D eigenvalue weighted by molar-refractivity contribution is 5.89. The fourth-order valence-electron chi connectivity index (χ4n) is 3.68. The van der Waals surface area contributed by atoms with Crippen LogP contribution in [-0.2, 0) is 4.79 Å². The van der Waals surface area contributed by atoms with E-state index >= 15 is 0 Å². The summed E-state index contributed by atoms with van der Waals surface area (Å²) < 4.78 is 0. The van der Waals surface area contributed by atoms with Crippen LogP contribution in [0, 0.1) is 17.8 Å². The van der Waals surface area contributed by atoms with Crippen LogP contribution in [-0.4, -0.2) is 5.91 Å². The molecule has 1 amide bonds. The number of nitrogens with one attached hydrogen (secondary N) is 1. The number of anilines is 1. The molecular formula is C18H27NO. The van der Waals surface area contributed by atoms with Crippen LogP contribution in [0.2, 0.25) is 0 Å². The average molecular weight is 273 g/mol. The fourth-order valence-corrected chi connectivity index (χ4v) is 3.68. The largest absolute Gasteiger partial charge is 0.326 e. The van der Waals surface area contributed by atoms with E-state index in [1.54, 1.807) is 6.92 Å². The number of carbonyl (C=O) groups is 1. The standard InChI is InChI=1S/C18H27NO/c1-12(2)15-10-9-13(3)11-17(15)16-7-5-6-8-18(16)19-14(4)20/h5-8,12-13,15,17H,9-11H2,1-4H3,(H,19,20). The summed E-state index contributed by atoms with van der Waals surface area (Å²) in [4.78, 5) is 11.4. The van der Waals surface area contributed by atoms with E-state index in [1.165, 1.54) is 24.8 Å². The first-order chi connectivity index (χ1) is 9.49. The van der Waals surface area contributed by atoms with E-state index in [0.29, 0.717) is 11.8 Å². The number of carbonyl (C=O) groups excluding carboxylic acids is 1. The lowest BCUT2D eigenvalue weighted by Gasteiger charge is -2.38. The number of hydrogen-bond acceptors (Lipinski definition) is 1. The average Bonchev–Trinajstić information content (AvgIpc) is 2.38. The smallest absolute Gasteiger partial charge is 0.221 e. The van der Waals surface area contributed by atoms with Crippen molar-refractivity contribution < 1.29 is 4.79 Å². The van der Waals surface area contributed by atoms with Gasteiger partial charge in [0.15, 0.2) is 0 Å². The van der Waals surface area contributed by atoms with Crippen LogP contribution < -0.4 is 5.32 Å². The maximum atomic E-state index is 11.4. The van der Waals surface area contributed by atoms with E-state index in [0.717, 1.165) is 17.5 Å². The van der Waals surface area contributed by atoms with Gasteiger partial charge in [-0.1, -0.05) is 45.4 Å². The summed E-state index contributed by atoms with van der Waals surface area (Å²) in [6.07, 6.45) is 3.87. The minimum atomic E-state index is 0.0161. The zero-order valence-corrected chi connectivity index (χ0v) is 13.1. The number of hydrogen-bond donors (Lipinski definition) is 1. The van der Waals surface area contributed by atoms with Gasteiger partial charge in [0.25, 0.3) is 0 Å². The molecule has 3 unspecified atom stereocenters. The molecule has 0 saturated heterocycles. The molecule has 0 bridgehead atoms. The van der Waals surface area contributed by atoms with E-state index in [2.05, 4.69) is 38.2 Å². The van der Waals surface area contributed by atoms with Crippen LogP contribution in [0.3, 0.4) is 0 Å². The number of amides is 1. The molecule has 0 aliphatic heterocycles. The Morgan fingerprint density at radius 1 is 1.25 bits per heavy atom. The highest BCUT2D eigenvalue weighted by Gasteiger charge is 2.32. The van der Waals surface area contributed by atoms with Gasteiger partial charge in [-0.25, -0.2) is 0 Å². The van der Waals surface area contributed by atoms with Gasteiger partial charge < -0.3 is 5.32 Å². The van der Waals surface area contributed by atoms with Crippen molar-refractivity contribution in [3.05, 3.63) is 29.8 Å². The molecule has 1 fully saturated rings. The molecule has 2 heteroatoms. The fraction of sp³-hybridized carbons (Fsp3) is 0.611. The maximum absolute atomic E-state index is 11.4. The van der Waals surface area contributed by atoms with Crippen molar-refractivity contribution in [1.29, 1.82) is 0 Å². The van der Waals surface area contributed by atoms with Crippen molar-refractivity contribution in [2.24, 2.45) is 17.8 Å². The van der Waals surface area contributed by atoms with Crippen LogP contribution in [0.25, 0.3) is 0 Å². The molecule has 1 aromatic carbocycles. The van der Waals surface area contributed by atoms with Crippen molar-refractivity contribution in [1.82, 2.24) is 0 Å². The molecule has 3 atom stereocenters. The monoisotopic (exact) mass is 273 g/mol. The second-order valence-corrected chi connectivity index (χ2v) is 6.70. The lowest BCUT2D eigenvalue weighted by molar-refractivity contribution is -0.114. The Kier molecular flexibility index (Phi) is 4.85. The number of benzene rings is 1. The summed E-state index contributed by atoms with van der Waals surface area (Å²) in [6.45, 7) is 8.59. The summed E-state index contributed by atoms with van der Waals surface area (Å²) in [6, 6.07) is 8.33. The third-order valence-electron chi connectivity index (χ3n) is 4.69. The SMILES string of the molecule is CC(=O)Nc1ccccc1C1CC(C)CCC1C(C)C. The molecule has 0 radical (unpaired) electrons. The summed E-state index contributed by atoms with van der Waals surface area (Å²) in [5, 5.41) is 3.01.